The Kier molecular flexibility index (Phi) is 5.43. The first kappa shape index (κ1) is 13.5. The lowest BCUT2D eigenvalue weighted by Gasteiger charge is -2.05. The summed E-state index contributed by atoms with van der Waals surface area (Å²) in [5.74, 6) is -1.39. The van der Waals surface area contributed by atoms with Gasteiger partial charge >= 0.3 is 0 Å². The molecule has 0 fully saturated rings. The number of quaternary nitrogens is 1. The molecule has 1 rings (SSSR count). The van der Waals surface area contributed by atoms with Crippen LogP contribution in [-0.2, 0) is 4.79 Å². The van der Waals surface area contributed by atoms with Gasteiger partial charge in [-0.2, -0.15) is 12.6 Å². The van der Waals surface area contributed by atoms with Gasteiger partial charge in [0.1, 0.15) is 0 Å². The number of thiol groups is 1. The van der Waals surface area contributed by atoms with Crippen molar-refractivity contribution in [2.24, 2.45) is 0 Å². The highest BCUT2D eigenvalue weighted by molar-refractivity contribution is 7.81. The Morgan fingerprint density at radius 1 is 1.27 bits per heavy atom. The van der Waals surface area contributed by atoms with Gasteiger partial charge in [0.15, 0.2) is 0 Å². The van der Waals surface area contributed by atoms with Crippen LogP contribution in [0.25, 0.3) is 0 Å². The van der Waals surface area contributed by atoms with Gasteiger partial charge in [-0.15, -0.1) is 0 Å². The summed E-state index contributed by atoms with van der Waals surface area (Å²) >= 11 is 3.78. The zero-order chi connectivity index (χ0) is 10.6. The van der Waals surface area contributed by atoms with E-state index in [1.165, 1.54) is 24.3 Å². The van der Waals surface area contributed by atoms with Gasteiger partial charge in [0.25, 0.3) is 0 Å². The molecule has 5 nitrogen and oxygen atoms in total. The second-order valence-electron chi connectivity index (χ2n) is 2.57. The molecule has 6 heteroatoms. The molecule has 82 valence electrons. The van der Waals surface area contributed by atoms with Crippen LogP contribution in [0.4, 0.5) is 5.69 Å². The van der Waals surface area contributed by atoms with Gasteiger partial charge in [0.2, 0.25) is 5.91 Å². The predicted octanol–water partition coefficient (Wildman–Crippen LogP) is 0.295. The SMILES string of the molecule is O=C(CS)Nc1ccc(C(=O)[O-])cc1.[NH4+]. The number of carbonyl (C=O) groups excluding carboxylic acids is 2. The smallest absolute Gasteiger partial charge is 0.234 e. The molecule has 1 aromatic rings. The Hall–Kier alpha value is -1.53. The fraction of sp³-hybridized carbons (Fsp3) is 0.111. The predicted molar refractivity (Wildman–Crippen MR) is 59.2 cm³/mol. The van der Waals surface area contributed by atoms with Crippen LogP contribution in [0, 0.1) is 0 Å². The van der Waals surface area contributed by atoms with Crippen LogP contribution < -0.4 is 16.6 Å². The van der Waals surface area contributed by atoms with E-state index in [0.29, 0.717) is 5.69 Å². The number of aromatic carboxylic acids is 1. The minimum atomic E-state index is -1.24. The summed E-state index contributed by atoms with van der Waals surface area (Å²) in [5, 5.41) is 12.9. The van der Waals surface area contributed by atoms with E-state index < -0.39 is 5.97 Å². The highest BCUT2D eigenvalue weighted by Gasteiger charge is 1.99. The first-order chi connectivity index (χ1) is 6.63. The standard InChI is InChI=1S/C9H9NO3S.H3N/c11-8(5-14)10-7-3-1-6(2-4-7)9(12)13;/h1-4,14H,5H2,(H,10,11)(H,12,13);1H3. The maximum Gasteiger partial charge on any atom is 0.234 e. The van der Waals surface area contributed by atoms with Crippen LogP contribution >= 0.6 is 12.6 Å². The summed E-state index contributed by atoms with van der Waals surface area (Å²) < 4.78 is 0. The molecule has 0 bridgehead atoms. The second-order valence-corrected chi connectivity index (χ2v) is 2.89. The molecule has 5 N–H and O–H groups in total. The Balaban J connectivity index is 0.00000196. The largest absolute Gasteiger partial charge is 0.545 e. The highest BCUT2D eigenvalue weighted by Crippen LogP contribution is 2.08. The average molecular weight is 228 g/mol. The minimum Gasteiger partial charge on any atom is -0.545 e. The number of carboxylic acid groups (broad SMARTS) is 1. The normalized spacial score (nSPS) is 8.87. The minimum absolute atomic E-state index is 0. The Bertz CT molecular complexity index is 351. The monoisotopic (exact) mass is 228 g/mol. The third kappa shape index (κ3) is 4.01. The summed E-state index contributed by atoms with van der Waals surface area (Å²) in [6.07, 6.45) is 0. The molecular weight excluding hydrogens is 216 g/mol. The van der Waals surface area contributed by atoms with Gasteiger partial charge in [-0.1, -0.05) is 12.1 Å². The summed E-state index contributed by atoms with van der Waals surface area (Å²) in [4.78, 5) is 21.3. The zero-order valence-electron chi connectivity index (χ0n) is 8.19. The Morgan fingerprint density at radius 2 is 1.80 bits per heavy atom. The quantitative estimate of drug-likeness (QED) is 0.647. The van der Waals surface area contributed by atoms with E-state index in [9.17, 15) is 14.7 Å². The van der Waals surface area contributed by atoms with E-state index in [2.05, 4.69) is 17.9 Å². The molecular formula is C9H12N2O3S. The van der Waals surface area contributed by atoms with Crippen LogP contribution in [0.5, 0.6) is 0 Å². The van der Waals surface area contributed by atoms with Gasteiger partial charge in [0, 0.05) is 5.69 Å². The van der Waals surface area contributed by atoms with E-state index >= 15 is 0 Å². The summed E-state index contributed by atoms with van der Waals surface area (Å²) in [7, 11) is 0. The topological polar surface area (TPSA) is 106 Å². The molecule has 0 saturated carbocycles. The van der Waals surface area contributed by atoms with Crippen molar-refractivity contribution in [3.8, 4) is 0 Å². The summed E-state index contributed by atoms with van der Waals surface area (Å²) in [6, 6.07) is 5.71. The first-order valence-electron chi connectivity index (χ1n) is 3.85. The fourth-order valence-corrected chi connectivity index (χ4v) is 0.969. The van der Waals surface area contributed by atoms with E-state index in [0.717, 1.165) is 0 Å². The summed E-state index contributed by atoms with van der Waals surface area (Å²) in [6.45, 7) is 0. The number of amides is 1. The summed E-state index contributed by atoms with van der Waals surface area (Å²) in [5.41, 5.74) is 0.614. The van der Waals surface area contributed by atoms with E-state index in [4.69, 9.17) is 0 Å². The van der Waals surface area contributed by atoms with Crippen molar-refractivity contribution in [3.63, 3.8) is 0 Å². The van der Waals surface area contributed by atoms with Gasteiger partial charge in [-0.05, 0) is 17.7 Å². The van der Waals surface area contributed by atoms with E-state index in [-0.39, 0.29) is 23.4 Å². The van der Waals surface area contributed by atoms with Crippen molar-refractivity contribution < 1.29 is 14.7 Å². The van der Waals surface area contributed by atoms with E-state index in [1.807, 2.05) is 0 Å². The Morgan fingerprint density at radius 3 is 2.20 bits per heavy atom. The lowest BCUT2D eigenvalue weighted by molar-refractivity contribution is -0.255. The maximum atomic E-state index is 10.9. The van der Waals surface area contributed by atoms with Gasteiger partial charge in [0.05, 0.1) is 11.7 Å². The molecule has 0 atom stereocenters. The van der Waals surface area contributed by atoms with Crippen LogP contribution in [0.3, 0.4) is 0 Å². The first-order valence-corrected chi connectivity index (χ1v) is 4.49. The molecule has 0 radical (unpaired) electrons. The molecule has 1 amide bonds. The lowest BCUT2D eigenvalue weighted by Crippen LogP contribution is -2.22. The number of hydrogen-bond acceptors (Lipinski definition) is 4. The van der Waals surface area contributed by atoms with Crippen molar-refractivity contribution >= 4 is 30.2 Å². The number of benzene rings is 1. The van der Waals surface area contributed by atoms with Crippen molar-refractivity contribution in [1.82, 2.24) is 6.15 Å². The average Bonchev–Trinajstić information content (AvgIpc) is 2.18. The number of rotatable bonds is 3. The number of nitrogens with one attached hydrogen (secondary N) is 1. The fourth-order valence-electron chi connectivity index (χ4n) is 0.890. The third-order valence-electron chi connectivity index (χ3n) is 1.55. The van der Waals surface area contributed by atoms with Crippen molar-refractivity contribution in [3.05, 3.63) is 29.8 Å². The number of carboxylic acids is 1. The van der Waals surface area contributed by atoms with Crippen molar-refractivity contribution in [1.29, 1.82) is 0 Å². The van der Waals surface area contributed by atoms with Crippen LogP contribution in [0.15, 0.2) is 24.3 Å². The van der Waals surface area contributed by atoms with Crippen molar-refractivity contribution in [2.45, 2.75) is 0 Å². The molecule has 0 heterocycles. The van der Waals surface area contributed by atoms with Crippen molar-refractivity contribution in [2.75, 3.05) is 11.1 Å². The molecule has 1 aromatic carbocycles. The second kappa shape index (κ2) is 6.05. The maximum absolute atomic E-state index is 10.9. The van der Waals surface area contributed by atoms with Gasteiger partial charge in [-0.3, -0.25) is 4.79 Å². The third-order valence-corrected chi connectivity index (χ3v) is 1.84. The number of carbonyl (C=O) groups is 2. The lowest BCUT2D eigenvalue weighted by atomic mass is 10.2. The number of hydrogen-bond donors (Lipinski definition) is 3. The van der Waals surface area contributed by atoms with Crippen LogP contribution in [0.2, 0.25) is 0 Å². The molecule has 0 saturated heterocycles. The molecule has 0 aromatic heterocycles. The molecule has 0 spiro atoms. The van der Waals surface area contributed by atoms with Crippen LogP contribution in [0.1, 0.15) is 10.4 Å². The van der Waals surface area contributed by atoms with E-state index in [1.54, 1.807) is 0 Å². The molecule has 0 unspecified atom stereocenters. The molecule has 0 aliphatic heterocycles. The number of anilines is 1. The molecule has 0 aliphatic rings. The highest BCUT2D eigenvalue weighted by atomic mass is 32.1. The van der Waals surface area contributed by atoms with Crippen LogP contribution in [-0.4, -0.2) is 17.6 Å². The van der Waals surface area contributed by atoms with Gasteiger partial charge < -0.3 is 21.4 Å². The molecule has 15 heavy (non-hydrogen) atoms. The molecule has 0 aliphatic carbocycles. The Labute approximate surface area is 92.5 Å². The van der Waals surface area contributed by atoms with Gasteiger partial charge in [-0.25, -0.2) is 0 Å². The zero-order valence-corrected chi connectivity index (χ0v) is 9.08.